The van der Waals surface area contributed by atoms with Gasteiger partial charge in [0.1, 0.15) is 0 Å². The molecule has 0 aromatic rings. The number of hydrogen-bond donors (Lipinski definition) is 1. The van der Waals surface area contributed by atoms with Gasteiger partial charge in [-0.2, -0.15) is 0 Å². The SMILES string of the molecule is CCN(C(=O)CC1CCCN1)C1CC1. The van der Waals surface area contributed by atoms with E-state index in [0.717, 1.165) is 13.1 Å². The Hall–Kier alpha value is -0.570. The molecular formula is C11H20N2O. The minimum atomic E-state index is 0.356. The van der Waals surface area contributed by atoms with Gasteiger partial charge in [0, 0.05) is 25.0 Å². The van der Waals surface area contributed by atoms with Gasteiger partial charge in [-0.05, 0) is 39.2 Å². The molecule has 0 radical (unpaired) electrons. The summed E-state index contributed by atoms with van der Waals surface area (Å²) in [6.45, 7) is 4.06. The molecule has 1 amide bonds. The molecule has 2 rings (SSSR count). The molecule has 1 heterocycles. The number of amides is 1. The van der Waals surface area contributed by atoms with Crippen molar-refractivity contribution in [3.05, 3.63) is 0 Å². The Kier molecular flexibility index (Phi) is 3.06. The lowest BCUT2D eigenvalue weighted by atomic mass is 10.1. The number of nitrogens with one attached hydrogen (secondary N) is 1. The lowest BCUT2D eigenvalue weighted by Gasteiger charge is -2.22. The van der Waals surface area contributed by atoms with Crippen molar-refractivity contribution in [3.8, 4) is 0 Å². The lowest BCUT2D eigenvalue weighted by molar-refractivity contribution is -0.132. The highest BCUT2D eigenvalue weighted by Crippen LogP contribution is 2.27. The first kappa shape index (κ1) is 9.97. The van der Waals surface area contributed by atoms with E-state index in [1.807, 2.05) is 0 Å². The Morgan fingerprint density at radius 2 is 2.21 bits per heavy atom. The molecule has 1 saturated heterocycles. The lowest BCUT2D eigenvalue weighted by Crippen LogP contribution is -2.37. The Balaban J connectivity index is 1.80. The Bertz CT molecular complexity index is 207. The van der Waals surface area contributed by atoms with Gasteiger partial charge in [0.05, 0.1) is 0 Å². The quantitative estimate of drug-likeness (QED) is 0.731. The van der Waals surface area contributed by atoms with Gasteiger partial charge in [-0.15, -0.1) is 0 Å². The van der Waals surface area contributed by atoms with E-state index in [1.165, 1.54) is 25.7 Å². The Morgan fingerprint density at radius 1 is 1.43 bits per heavy atom. The van der Waals surface area contributed by atoms with Crippen LogP contribution in [0.2, 0.25) is 0 Å². The summed E-state index contributed by atoms with van der Waals surface area (Å²) in [5.74, 6) is 0.356. The average Bonchev–Trinajstić information content (AvgIpc) is 2.86. The number of nitrogens with zero attached hydrogens (tertiary/aromatic N) is 1. The first-order valence-corrected chi connectivity index (χ1v) is 5.84. The van der Waals surface area contributed by atoms with Crippen LogP contribution >= 0.6 is 0 Å². The van der Waals surface area contributed by atoms with Gasteiger partial charge in [0.25, 0.3) is 0 Å². The molecule has 80 valence electrons. The molecule has 0 spiro atoms. The fraction of sp³-hybridized carbons (Fsp3) is 0.909. The van der Waals surface area contributed by atoms with Gasteiger partial charge in [0.2, 0.25) is 5.91 Å². The fourth-order valence-electron chi connectivity index (χ4n) is 2.28. The van der Waals surface area contributed by atoms with Crippen molar-refractivity contribution >= 4 is 5.91 Å². The molecule has 1 unspecified atom stereocenters. The van der Waals surface area contributed by atoms with Crippen LogP contribution in [0.4, 0.5) is 0 Å². The molecule has 0 bridgehead atoms. The molecule has 1 saturated carbocycles. The van der Waals surface area contributed by atoms with Crippen molar-refractivity contribution in [3.63, 3.8) is 0 Å². The normalized spacial score (nSPS) is 26.5. The summed E-state index contributed by atoms with van der Waals surface area (Å²) in [5.41, 5.74) is 0. The van der Waals surface area contributed by atoms with Crippen LogP contribution in [0, 0.1) is 0 Å². The maximum absolute atomic E-state index is 11.9. The maximum atomic E-state index is 11.9. The standard InChI is InChI=1S/C11H20N2O/c1-2-13(10-5-6-10)11(14)8-9-4-3-7-12-9/h9-10,12H,2-8H2,1H3. The number of hydrogen-bond acceptors (Lipinski definition) is 2. The number of carbonyl (C=O) groups excluding carboxylic acids is 1. The fourth-order valence-corrected chi connectivity index (χ4v) is 2.28. The van der Waals surface area contributed by atoms with Gasteiger partial charge >= 0.3 is 0 Å². The smallest absolute Gasteiger partial charge is 0.224 e. The zero-order chi connectivity index (χ0) is 9.97. The van der Waals surface area contributed by atoms with Crippen LogP contribution in [-0.4, -0.2) is 36.0 Å². The highest BCUT2D eigenvalue weighted by molar-refractivity contribution is 5.77. The third kappa shape index (κ3) is 2.27. The molecule has 2 aliphatic rings. The van der Waals surface area contributed by atoms with Crippen LogP contribution in [0.15, 0.2) is 0 Å². The molecule has 1 aliphatic carbocycles. The first-order chi connectivity index (χ1) is 6.81. The van der Waals surface area contributed by atoms with E-state index in [9.17, 15) is 4.79 Å². The molecule has 1 N–H and O–H groups in total. The second-order valence-electron chi connectivity index (χ2n) is 4.41. The van der Waals surface area contributed by atoms with Gasteiger partial charge in [-0.1, -0.05) is 0 Å². The summed E-state index contributed by atoms with van der Waals surface area (Å²) in [6, 6.07) is 1.03. The first-order valence-electron chi connectivity index (χ1n) is 5.84. The minimum Gasteiger partial charge on any atom is -0.340 e. The van der Waals surface area contributed by atoms with E-state index in [0.29, 0.717) is 24.4 Å². The topological polar surface area (TPSA) is 32.3 Å². The van der Waals surface area contributed by atoms with Crippen molar-refractivity contribution < 1.29 is 4.79 Å². The summed E-state index contributed by atoms with van der Waals surface area (Å²) < 4.78 is 0. The van der Waals surface area contributed by atoms with Crippen LogP contribution in [0.25, 0.3) is 0 Å². The number of rotatable bonds is 4. The molecule has 0 aromatic heterocycles. The summed E-state index contributed by atoms with van der Waals surface area (Å²) >= 11 is 0. The molecule has 14 heavy (non-hydrogen) atoms. The highest BCUT2D eigenvalue weighted by atomic mass is 16.2. The molecule has 1 aliphatic heterocycles. The molecule has 0 aromatic carbocycles. The monoisotopic (exact) mass is 196 g/mol. The van der Waals surface area contributed by atoms with Crippen LogP contribution in [0.5, 0.6) is 0 Å². The third-order valence-corrected chi connectivity index (χ3v) is 3.23. The van der Waals surface area contributed by atoms with Gasteiger partial charge in [0.15, 0.2) is 0 Å². The van der Waals surface area contributed by atoms with E-state index in [2.05, 4.69) is 17.1 Å². The van der Waals surface area contributed by atoms with Crippen LogP contribution in [0.1, 0.15) is 39.0 Å². The van der Waals surface area contributed by atoms with Crippen molar-refractivity contribution in [1.82, 2.24) is 10.2 Å². The minimum absolute atomic E-state index is 0.356. The predicted octanol–water partition coefficient (Wildman–Crippen LogP) is 1.14. The van der Waals surface area contributed by atoms with Gasteiger partial charge in [-0.25, -0.2) is 0 Å². The second kappa shape index (κ2) is 4.30. The highest BCUT2D eigenvalue weighted by Gasteiger charge is 2.32. The molecule has 3 nitrogen and oxygen atoms in total. The molecular weight excluding hydrogens is 176 g/mol. The predicted molar refractivity (Wildman–Crippen MR) is 56.1 cm³/mol. The van der Waals surface area contributed by atoms with Crippen LogP contribution in [-0.2, 0) is 4.79 Å². The van der Waals surface area contributed by atoms with Crippen molar-refractivity contribution in [2.75, 3.05) is 13.1 Å². The van der Waals surface area contributed by atoms with Crippen LogP contribution in [0.3, 0.4) is 0 Å². The van der Waals surface area contributed by atoms with E-state index < -0.39 is 0 Å². The summed E-state index contributed by atoms with van der Waals surface area (Å²) in [5, 5.41) is 3.38. The zero-order valence-corrected chi connectivity index (χ0v) is 8.96. The molecule has 1 atom stereocenters. The summed E-state index contributed by atoms with van der Waals surface area (Å²) in [6.07, 6.45) is 5.56. The van der Waals surface area contributed by atoms with Crippen LogP contribution < -0.4 is 5.32 Å². The van der Waals surface area contributed by atoms with Gasteiger partial charge < -0.3 is 10.2 Å². The second-order valence-corrected chi connectivity index (χ2v) is 4.41. The van der Waals surface area contributed by atoms with E-state index in [-0.39, 0.29) is 0 Å². The largest absolute Gasteiger partial charge is 0.340 e. The number of carbonyl (C=O) groups is 1. The Morgan fingerprint density at radius 3 is 2.71 bits per heavy atom. The maximum Gasteiger partial charge on any atom is 0.224 e. The summed E-state index contributed by atoms with van der Waals surface area (Å²) in [7, 11) is 0. The molecule has 2 fully saturated rings. The van der Waals surface area contributed by atoms with Crippen molar-refractivity contribution in [2.24, 2.45) is 0 Å². The zero-order valence-electron chi connectivity index (χ0n) is 8.96. The molecule has 3 heteroatoms. The average molecular weight is 196 g/mol. The Labute approximate surface area is 85.8 Å². The summed E-state index contributed by atoms with van der Waals surface area (Å²) in [4.78, 5) is 14.0. The van der Waals surface area contributed by atoms with Gasteiger partial charge in [-0.3, -0.25) is 4.79 Å². The van der Waals surface area contributed by atoms with Crippen molar-refractivity contribution in [1.29, 1.82) is 0 Å². The van der Waals surface area contributed by atoms with E-state index in [4.69, 9.17) is 0 Å². The third-order valence-electron chi connectivity index (χ3n) is 3.23. The van der Waals surface area contributed by atoms with Crippen molar-refractivity contribution in [2.45, 2.75) is 51.1 Å². The van der Waals surface area contributed by atoms with E-state index in [1.54, 1.807) is 0 Å². The van der Waals surface area contributed by atoms with E-state index >= 15 is 0 Å².